The maximum atomic E-state index is 13.6. The molecule has 0 saturated carbocycles. The standard InChI is InChI=1S/C26H26F2N2O6/c1-15-13-18(25(34)24-17(15)7-6-12-29-24)23(30-21(31)8-4-2-3-5-9-22(32)33)16-10-11-19-20(14-16)36-26(27,28)35-19/h6-7,10-14,23,34H,2-5,8-9H2,1H3,(H,30,31)(H,32,33). The molecule has 1 atom stereocenters. The largest absolute Gasteiger partial charge is 0.586 e. The predicted octanol–water partition coefficient (Wildman–Crippen LogP) is 5.20. The zero-order valence-corrected chi connectivity index (χ0v) is 19.6. The van der Waals surface area contributed by atoms with Gasteiger partial charge < -0.3 is 25.0 Å². The number of aliphatic carboxylic acids is 1. The summed E-state index contributed by atoms with van der Waals surface area (Å²) < 4.78 is 36.2. The molecular weight excluding hydrogens is 474 g/mol. The number of hydrogen-bond donors (Lipinski definition) is 3. The average Bonchev–Trinajstić information content (AvgIpc) is 3.15. The Kier molecular flexibility index (Phi) is 7.23. The van der Waals surface area contributed by atoms with Crippen LogP contribution in [0, 0.1) is 6.92 Å². The molecule has 1 aliphatic heterocycles. The summed E-state index contributed by atoms with van der Waals surface area (Å²) in [5, 5.41) is 23.4. The fourth-order valence-corrected chi connectivity index (χ4v) is 4.28. The van der Waals surface area contributed by atoms with Crippen LogP contribution in [0.25, 0.3) is 10.9 Å². The minimum atomic E-state index is -3.79. The van der Waals surface area contributed by atoms with Gasteiger partial charge in [0, 0.05) is 30.0 Å². The number of pyridine rings is 1. The Labute approximate surface area is 205 Å². The van der Waals surface area contributed by atoms with Crippen LogP contribution in [0.15, 0.2) is 42.6 Å². The quantitative estimate of drug-likeness (QED) is 0.328. The number of benzene rings is 2. The Bertz CT molecular complexity index is 1300. The van der Waals surface area contributed by atoms with Gasteiger partial charge in [-0.3, -0.25) is 14.6 Å². The van der Waals surface area contributed by atoms with Crippen molar-refractivity contribution >= 4 is 22.8 Å². The highest BCUT2D eigenvalue weighted by molar-refractivity contribution is 5.89. The SMILES string of the molecule is Cc1cc(C(NC(=O)CCCCCCC(=O)O)c2ccc3c(c2)OC(F)(F)O3)c(O)c2ncccc12. The second-order valence-electron chi connectivity index (χ2n) is 8.71. The van der Waals surface area contributed by atoms with Crippen LogP contribution in [0.4, 0.5) is 8.78 Å². The number of carboxylic acids is 1. The van der Waals surface area contributed by atoms with Gasteiger partial charge in [0.2, 0.25) is 5.91 Å². The molecule has 1 amide bonds. The first-order valence-electron chi connectivity index (χ1n) is 11.6. The Hall–Kier alpha value is -3.95. The van der Waals surface area contributed by atoms with E-state index >= 15 is 0 Å². The molecule has 0 bridgehead atoms. The number of phenols is 1. The third-order valence-electron chi connectivity index (χ3n) is 6.02. The molecule has 1 aromatic heterocycles. The lowest BCUT2D eigenvalue weighted by atomic mass is 9.93. The predicted molar refractivity (Wildman–Crippen MR) is 126 cm³/mol. The highest BCUT2D eigenvalue weighted by Gasteiger charge is 2.43. The van der Waals surface area contributed by atoms with E-state index in [0.29, 0.717) is 42.3 Å². The minimum absolute atomic E-state index is 0.0893. The van der Waals surface area contributed by atoms with Crippen molar-refractivity contribution < 1.29 is 38.1 Å². The van der Waals surface area contributed by atoms with Gasteiger partial charge in [0.05, 0.1) is 6.04 Å². The van der Waals surface area contributed by atoms with E-state index in [-0.39, 0.29) is 36.0 Å². The highest BCUT2D eigenvalue weighted by Crippen LogP contribution is 2.44. The van der Waals surface area contributed by atoms with Crippen molar-refractivity contribution in [1.82, 2.24) is 10.3 Å². The lowest BCUT2D eigenvalue weighted by Gasteiger charge is -2.22. The molecule has 1 unspecified atom stereocenters. The molecule has 3 N–H and O–H groups in total. The number of fused-ring (bicyclic) bond motifs is 2. The number of amides is 1. The summed E-state index contributed by atoms with van der Waals surface area (Å²) in [4.78, 5) is 27.8. The van der Waals surface area contributed by atoms with Gasteiger partial charge in [0.15, 0.2) is 11.5 Å². The second kappa shape index (κ2) is 10.3. The van der Waals surface area contributed by atoms with Gasteiger partial charge in [-0.15, -0.1) is 8.78 Å². The number of rotatable bonds is 10. The van der Waals surface area contributed by atoms with Crippen LogP contribution in [-0.4, -0.2) is 33.4 Å². The van der Waals surface area contributed by atoms with Crippen LogP contribution in [0.2, 0.25) is 0 Å². The molecule has 10 heteroatoms. The third-order valence-corrected chi connectivity index (χ3v) is 6.02. The molecule has 36 heavy (non-hydrogen) atoms. The number of carbonyl (C=O) groups is 2. The molecule has 2 heterocycles. The highest BCUT2D eigenvalue weighted by atomic mass is 19.3. The maximum absolute atomic E-state index is 13.6. The Morgan fingerprint density at radius 3 is 2.53 bits per heavy atom. The molecule has 190 valence electrons. The van der Waals surface area contributed by atoms with E-state index in [2.05, 4.69) is 19.8 Å². The van der Waals surface area contributed by atoms with Crippen molar-refractivity contribution in [2.75, 3.05) is 0 Å². The molecule has 0 saturated heterocycles. The van der Waals surface area contributed by atoms with Crippen LogP contribution >= 0.6 is 0 Å². The molecule has 8 nitrogen and oxygen atoms in total. The Balaban J connectivity index is 1.60. The molecule has 4 rings (SSSR count). The van der Waals surface area contributed by atoms with Crippen molar-refractivity contribution in [3.05, 3.63) is 59.3 Å². The van der Waals surface area contributed by atoms with Crippen molar-refractivity contribution in [2.24, 2.45) is 0 Å². The van der Waals surface area contributed by atoms with Crippen LogP contribution in [-0.2, 0) is 9.59 Å². The fourth-order valence-electron chi connectivity index (χ4n) is 4.28. The topological polar surface area (TPSA) is 118 Å². The van der Waals surface area contributed by atoms with E-state index in [1.165, 1.54) is 18.2 Å². The normalized spacial score (nSPS) is 14.5. The number of hydrogen-bond acceptors (Lipinski definition) is 6. The summed E-state index contributed by atoms with van der Waals surface area (Å²) in [6.07, 6.45) is 0.501. The van der Waals surface area contributed by atoms with E-state index in [9.17, 15) is 23.5 Å². The summed E-state index contributed by atoms with van der Waals surface area (Å²) in [7, 11) is 0. The summed E-state index contributed by atoms with van der Waals surface area (Å²) in [6.45, 7) is 1.85. The Morgan fingerprint density at radius 2 is 1.78 bits per heavy atom. The van der Waals surface area contributed by atoms with E-state index in [4.69, 9.17) is 5.11 Å². The van der Waals surface area contributed by atoms with Gasteiger partial charge in [0.1, 0.15) is 11.3 Å². The van der Waals surface area contributed by atoms with E-state index < -0.39 is 18.3 Å². The van der Waals surface area contributed by atoms with Crippen LogP contribution in [0.5, 0.6) is 17.2 Å². The van der Waals surface area contributed by atoms with Gasteiger partial charge in [-0.2, -0.15) is 0 Å². The van der Waals surface area contributed by atoms with Gasteiger partial charge >= 0.3 is 12.3 Å². The summed E-state index contributed by atoms with van der Waals surface area (Å²) in [5.74, 6) is -1.59. The number of aromatic hydroxyl groups is 1. The number of unbranched alkanes of at least 4 members (excludes halogenated alkanes) is 3. The zero-order chi connectivity index (χ0) is 25.9. The third kappa shape index (κ3) is 5.64. The molecule has 0 spiro atoms. The van der Waals surface area contributed by atoms with Gasteiger partial charge in [-0.1, -0.05) is 25.0 Å². The molecular formula is C26H26F2N2O6. The molecule has 3 aromatic rings. The van der Waals surface area contributed by atoms with Crippen molar-refractivity contribution in [1.29, 1.82) is 0 Å². The van der Waals surface area contributed by atoms with Crippen LogP contribution in [0.1, 0.15) is 61.3 Å². The van der Waals surface area contributed by atoms with Gasteiger partial charge in [-0.25, -0.2) is 0 Å². The number of carbonyl (C=O) groups excluding carboxylic acids is 1. The molecule has 0 aliphatic carbocycles. The van der Waals surface area contributed by atoms with E-state index in [1.807, 2.05) is 13.0 Å². The summed E-state index contributed by atoms with van der Waals surface area (Å²) in [6, 6.07) is 8.63. The number of nitrogens with one attached hydrogen (secondary N) is 1. The summed E-state index contributed by atoms with van der Waals surface area (Å²) in [5.41, 5.74) is 1.95. The van der Waals surface area contributed by atoms with Crippen LogP contribution < -0.4 is 14.8 Å². The number of halogens is 2. The lowest BCUT2D eigenvalue weighted by Crippen LogP contribution is -2.29. The number of ether oxygens (including phenoxy) is 2. The van der Waals surface area contributed by atoms with Crippen LogP contribution in [0.3, 0.4) is 0 Å². The number of alkyl halides is 2. The second-order valence-corrected chi connectivity index (χ2v) is 8.71. The van der Waals surface area contributed by atoms with E-state index in [0.717, 1.165) is 10.9 Å². The van der Waals surface area contributed by atoms with Gasteiger partial charge in [0.25, 0.3) is 0 Å². The maximum Gasteiger partial charge on any atom is 0.586 e. The van der Waals surface area contributed by atoms with Gasteiger partial charge in [-0.05, 0) is 55.2 Å². The zero-order valence-electron chi connectivity index (χ0n) is 19.6. The first kappa shape index (κ1) is 25.2. The number of aromatic nitrogens is 1. The monoisotopic (exact) mass is 500 g/mol. The number of carboxylic acid groups (broad SMARTS) is 1. The molecule has 0 radical (unpaired) electrons. The number of phenolic OH excluding ortho intramolecular Hbond substituents is 1. The smallest absolute Gasteiger partial charge is 0.505 e. The number of aryl methyl sites for hydroxylation is 1. The minimum Gasteiger partial charge on any atom is -0.505 e. The molecule has 0 fully saturated rings. The molecule has 1 aliphatic rings. The average molecular weight is 500 g/mol. The fraction of sp³-hybridized carbons (Fsp3) is 0.346. The summed E-state index contributed by atoms with van der Waals surface area (Å²) >= 11 is 0. The molecule has 2 aromatic carbocycles. The first-order valence-corrected chi connectivity index (χ1v) is 11.6. The lowest BCUT2D eigenvalue weighted by molar-refractivity contribution is -0.286. The van der Waals surface area contributed by atoms with Crippen molar-refractivity contribution in [3.63, 3.8) is 0 Å². The first-order chi connectivity index (χ1) is 17.1. The Morgan fingerprint density at radius 1 is 1.06 bits per heavy atom. The van der Waals surface area contributed by atoms with Crippen molar-refractivity contribution in [3.8, 4) is 17.2 Å². The van der Waals surface area contributed by atoms with Crippen molar-refractivity contribution in [2.45, 2.75) is 57.8 Å². The number of nitrogens with zero attached hydrogens (tertiary/aromatic N) is 1. The van der Waals surface area contributed by atoms with E-state index in [1.54, 1.807) is 18.3 Å².